The molecule has 26 heavy (non-hydrogen) atoms. The number of aliphatic carboxylic acids is 1. The van der Waals surface area contributed by atoms with E-state index in [1.165, 1.54) is 0 Å². The maximum absolute atomic E-state index is 12.5. The van der Waals surface area contributed by atoms with Gasteiger partial charge >= 0.3 is 18.1 Å². The molecular formula is C17H31N3O6. The van der Waals surface area contributed by atoms with Crippen LogP contribution in [0.5, 0.6) is 0 Å². The molecule has 0 aliphatic carbocycles. The largest absolute Gasteiger partial charge is 0.481 e. The molecule has 150 valence electrons. The molecule has 9 nitrogen and oxygen atoms in total. The fourth-order valence-electron chi connectivity index (χ4n) is 2.30. The lowest BCUT2D eigenvalue weighted by molar-refractivity contribution is -0.144. The van der Waals surface area contributed by atoms with Crippen molar-refractivity contribution in [3.63, 3.8) is 0 Å². The number of urea groups is 1. The molecule has 2 atom stereocenters. The highest BCUT2D eigenvalue weighted by Gasteiger charge is 2.30. The number of hydrogen-bond acceptors (Lipinski definition) is 5. The fraction of sp³-hybridized carbons (Fsp3) is 0.765. The minimum Gasteiger partial charge on any atom is -0.481 e. The van der Waals surface area contributed by atoms with E-state index in [-0.39, 0.29) is 31.1 Å². The van der Waals surface area contributed by atoms with Crippen molar-refractivity contribution in [2.45, 2.75) is 65.5 Å². The first-order valence-electron chi connectivity index (χ1n) is 8.61. The molecule has 0 saturated carbocycles. The van der Waals surface area contributed by atoms with Crippen LogP contribution in [-0.4, -0.2) is 47.2 Å². The van der Waals surface area contributed by atoms with Gasteiger partial charge in [-0.1, -0.05) is 13.8 Å². The van der Waals surface area contributed by atoms with Crippen LogP contribution in [0, 0.1) is 11.8 Å². The number of nitrogens with one attached hydrogen (secondary N) is 2. The second-order valence-corrected chi connectivity index (χ2v) is 7.51. The van der Waals surface area contributed by atoms with E-state index in [0.717, 1.165) is 0 Å². The first kappa shape index (κ1) is 23.7. The molecule has 0 spiro atoms. The number of primary amides is 1. The van der Waals surface area contributed by atoms with Gasteiger partial charge in [0.05, 0.1) is 12.0 Å². The van der Waals surface area contributed by atoms with Crippen LogP contribution in [0.2, 0.25) is 0 Å². The van der Waals surface area contributed by atoms with E-state index in [1.54, 1.807) is 34.6 Å². The van der Waals surface area contributed by atoms with Crippen LogP contribution in [0.25, 0.3) is 0 Å². The van der Waals surface area contributed by atoms with Gasteiger partial charge in [0.1, 0.15) is 5.60 Å². The molecular weight excluding hydrogens is 342 g/mol. The molecule has 0 radical (unpaired) electrons. The Balaban J connectivity index is 4.80. The minimum atomic E-state index is -1.10. The van der Waals surface area contributed by atoms with Crippen molar-refractivity contribution in [2.75, 3.05) is 6.54 Å². The summed E-state index contributed by atoms with van der Waals surface area (Å²) in [5, 5.41) is 14.2. The predicted octanol–water partition coefficient (Wildman–Crippen LogP) is 1.64. The van der Waals surface area contributed by atoms with E-state index < -0.39 is 35.7 Å². The molecule has 5 N–H and O–H groups in total. The van der Waals surface area contributed by atoms with E-state index in [1.807, 2.05) is 0 Å². The number of carboxylic acids is 1. The highest BCUT2D eigenvalue weighted by Crippen LogP contribution is 2.17. The predicted molar refractivity (Wildman–Crippen MR) is 95.6 cm³/mol. The van der Waals surface area contributed by atoms with Crippen LogP contribution < -0.4 is 16.4 Å². The third-order valence-corrected chi connectivity index (χ3v) is 3.51. The summed E-state index contributed by atoms with van der Waals surface area (Å²) in [6.07, 6.45) is -0.357. The number of rotatable bonds is 10. The summed E-state index contributed by atoms with van der Waals surface area (Å²) < 4.78 is 5.15. The van der Waals surface area contributed by atoms with Gasteiger partial charge in [0.15, 0.2) is 5.78 Å². The smallest absolute Gasteiger partial charge is 0.408 e. The number of amides is 3. The van der Waals surface area contributed by atoms with E-state index in [2.05, 4.69) is 10.6 Å². The Bertz CT molecular complexity index is 513. The molecule has 0 fully saturated rings. The third-order valence-electron chi connectivity index (χ3n) is 3.51. The highest BCUT2D eigenvalue weighted by molar-refractivity contribution is 5.90. The van der Waals surface area contributed by atoms with Gasteiger partial charge in [-0.15, -0.1) is 0 Å². The normalized spacial score (nSPS) is 13.6. The number of carbonyl (C=O) groups excluding carboxylic acids is 3. The summed E-state index contributed by atoms with van der Waals surface area (Å²) in [6.45, 7) is 8.87. The lowest BCUT2D eigenvalue weighted by Gasteiger charge is -2.25. The molecule has 0 heterocycles. The topological polar surface area (TPSA) is 148 Å². The van der Waals surface area contributed by atoms with Crippen LogP contribution in [0.1, 0.15) is 53.9 Å². The van der Waals surface area contributed by atoms with Gasteiger partial charge in [0, 0.05) is 13.0 Å². The first-order chi connectivity index (χ1) is 11.8. The second-order valence-electron chi connectivity index (χ2n) is 7.51. The van der Waals surface area contributed by atoms with Crippen molar-refractivity contribution in [2.24, 2.45) is 17.6 Å². The van der Waals surface area contributed by atoms with Crippen molar-refractivity contribution in [1.29, 1.82) is 0 Å². The molecule has 0 aliphatic rings. The molecule has 9 heteroatoms. The van der Waals surface area contributed by atoms with Crippen molar-refractivity contribution in [3.8, 4) is 0 Å². The summed E-state index contributed by atoms with van der Waals surface area (Å²) in [5.41, 5.74) is 4.24. The Morgan fingerprint density at radius 3 is 2.15 bits per heavy atom. The molecule has 0 bridgehead atoms. The summed E-state index contributed by atoms with van der Waals surface area (Å²) in [6, 6.07) is -1.52. The molecule has 0 aromatic rings. The van der Waals surface area contributed by atoms with Crippen molar-refractivity contribution in [1.82, 2.24) is 10.6 Å². The number of carbonyl (C=O) groups is 4. The zero-order valence-electron chi connectivity index (χ0n) is 16.1. The third kappa shape index (κ3) is 10.5. The number of nitrogens with two attached hydrogens (primary N) is 1. The van der Waals surface area contributed by atoms with Crippen molar-refractivity contribution < 1.29 is 29.0 Å². The van der Waals surface area contributed by atoms with Crippen LogP contribution in [0.15, 0.2) is 0 Å². The zero-order chi connectivity index (χ0) is 20.5. The van der Waals surface area contributed by atoms with E-state index >= 15 is 0 Å². The summed E-state index contributed by atoms with van der Waals surface area (Å²) in [5.74, 6) is -2.60. The number of hydrogen-bond donors (Lipinski definition) is 4. The number of Topliss-reactive ketones (excluding diaryl/α,β-unsaturated/α-hetero) is 1. The zero-order valence-corrected chi connectivity index (χ0v) is 16.1. The van der Waals surface area contributed by atoms with Gasteiger partial charge in [-0.25, -0.2) is 9.59 Å². The Morgan fingerprint density at radius 2 is 1.73 bits per heavy atom. The molecule has 0 aromatic carbocycles. The Morgan fingerprint density at radius 1 is 1.15 bits per heavy atom. The lowest BCUT2D eigenvalue weighted by atomic mass is 9.90. The minimum absolute atomic E-state index is 0.207. The SMILES string of the molecule is CC(C)C(NC(=O)OC(C)(C)C)C(=O)CC(CCCNC(N)=O)C(=O)O. The standard InChI is InChI=1S/C17H31N3O6/c1-10(2)13(20-16(25)26-17(3,4)5)12(21)9-11(14(22)23)7-6-8-19-15(18)24/h10-11,13H,6-9H2,1-5H3,(H,20,25)(H,22,23)(H3,18,19,24). The average Bonchev–Trinajstić information content (AvgIpc) is 2.44. The van der Waals surface area contributed by atoms with Crippen LogP contribution in [-0.2, 0) is 14.3 Å². The Kier molecular flexibility index (Phi) is 9.67. The number of carboxylic acid groups (broad SMARTS) is 1. The van der Waals surface area contributed by atoms with Gasteiger partial charge in [-0.3, -0.25) is 9.59 Å². The first-order valence-corrected chi connectivity index (χ1v) is 8.61. The summed E-state index contributed by atoms with van der Waals surface area (Å²) >= 11 is 0. The quantitative estimate of drug-likeness (QED) is 0.428. The number of ether oxygens (including phenoxy) is 1. The molecule has 0 aromatic heterocycles. The van der Waals surface area contributed by atoms with Gasteiger partial charge in [0.25, 0.3) is 0 Å². The average molecular weight is 373 g/mol. The summed E-state index contributed by atoms with van der Waals surface area (Å²) in [7, 11) is 0. The highest BCUT2D eigenvalue weighted by atomic mass is 16.6. The van der Waals surface area contributed by atoms with Crippen LogP contribution in [0.4, 0.5) is 9.59 Å². The Labute approximate surface area is 154 Å². The molecule has 0 aliphatic heterocycles. The fourth-order valence-corrected chi connectivity index (χ4v) is 2.30. The van der Waals surface area contributed by atoms with Crippen molar-refractivity contribution >= 4 is 23.9 Å². The van der Waals surface area contributed by atoms with Gasteiger partial charge in [0.2, 0.25) is 0 Å². The maximum Gasteiger partial charge on any atom is 0.408 e. The Hall–Kier alpha value is -2.32. The molecule has 0 rings (SSSR count). The lowest BCUT2D eigenvalue weighted by Crippen LogP contribution is -2.47. The number of alkyl carbamates (subject to hydrolysis) is 1. The van der Waals surface area contributed by atoms with Gasteiger partial charge < -0.3 is 26.2 Å². The molecule has 3 amide bonds. The maximum atomic E-state index is 12.5. The number of ketones is 1. The van der Waals surface area contributed by atoms with Gasteiger partial charge in [-0.05, 0) is 39.5 Å². The van der Waals surface area contributed by atoms with E-state index in [0.29, 0.717) is 6.42 Å². The molecule has 0 saturated heterocycles. The molecule has 2 unspecified atom stereocenters. The van der Waals surface area contributed by atoms with Crippen LogP contribution in [0.3, 0.4) is 0 Å². The summed E-state index contributed by atoms with van der Waals surface area (Å²) in [4.78, 5) is 46.4. The second kappa shape index (κ2) is 10.6. The van der Waals surface area contributed by atoms with Crippen LogP contribution >= 0.6 is 0 Å². The van der Waals surface area contributed by atoms with E-state index in [9.17, 15) is 24.3 Å². The van der Waals surface area contributed by atoms with Crippen molar-refractivity contribution in [3.05, 3.63) is 0 Å². The van der Waals surface area contributed by atoms with E-state index in [4.69, 9.17) is 10.5 Å². The van der Waals surface area contributed by atoms with Gasteiger partial charge in [-0.2, -0.15) is 0 Å². The monoisotopic (exact) mass is 373 g/mol.